The summed E-state index contributed by atoms with van der Waals surface area (Å²) < 4.78 is 3.42. The number of rotatable bonds is 0. The molecule has 0 amide bonds. The van der Waals surface area contributed by atoms with Crippen molar-refractivity contribution >= 4 is 5.78 Å². The van der Waals surface area contributed by atoms with Crippen LogP contribution in [0.2, 0.25) is 0 Å². The molecule has 0 atom stereocenters. The number of hydrogen-bond acceptors (Lipinski definition) is 2. The summed E-state index contributed by atoms with van der Waals surface area (Å²) in [6.07, 6.45) is 3.71. The van der Waals surface area contributed by atoms with Crippen LogP contribution in [-0.2, 0) is 7.05 Å². The topological polar surface area (TPSA) is 39.3 Å². The van der Waals surface area contributed by atoms with Crippen molar-refractivity contribution in [2.45, 2.75) is 13.8 Å². The van der Waals surface area contributed by atoms with Gasteiger partial charge in [-0.3, -0.25) is 13.8 Å². The summed E-state index contributed by atoms with van der Waals surface area (Å²) in [6, 6.07) is 0. The van der Waals surface area contributed by atoms with Crippen LogP contribution in [0.4, 0.5) is 0 Å². The first kappa shape index (κ1) is 8.04. The molecule has 4 nitrogen and oxygen atoms in total. The second-order valence-electron chi connectivity index (χ2n) is 3.27. The Morgan fingerprint density at radius 2 is 2.00 bits per heavy atom. The highest BCUT2D eigenvalue weighted by Crippen LogP contribution is 2.01. The van der Waals surface area contributed by atoms with Gasteiger partial charge in [0.25, 0.3) is 5.56 Å². The van der Waals surface area contributed by atoms with Crippen LogP contribution < -0.4 is 5.56 Å². The first-order chi connectivity index (χ1) is 6.09. The Bertz CT molecular complexity index is 521. The normalized spacial score (nSPS) is 11.0. The average Bonchev–Trinajstić information content (AvgIpc) is 2.42. The zero-order chi connectivity index (χ0) is 9.59. The van der Waals surface area contributed by atoms with Gasteiger partial charge in [-0.25, -0.2) is 4.98 Å². The Morgan fingerprint density at radius 3 is 2.69 bits per heavy atom. The standard InChI is InChI=1S/C9H11N3O/c1-6-4-12-5-7(2)10-9(12)11(3)8(6)13/h4-5H,1-3H3. The van der Waals surface area contributed by atoms with E-state index in [1.807, 2.05) is 17.5 Å². The smallest absolute Gasteiger partial charge is 0.257 e. The van der Waals surface area contributed by atoms with E-state index in [0.29, 0.717) is 5.78 Å². The van der Waals surface area contributed by atoms with E-state index >= 15 is 0 Å². The molecule has 0 saturated heterocycles. The highest BCUT2D eigenvalue weighted by molar-refractivity contribution is 5.33. The molecule has 68 valence electrons. The van der Waals surface area contributed by atoms with E-state index in [-0.39, 0.29) is 5.56 Å². The van der Waals surface area contributed by atoms with Gasteiger partial charge in [-0.2, -0.15) is 0 Å². The van der Waals surface area contributed by atoms with E-state index in [9.17, 15) is 4.79 Å². The van der Waals surface area contributed by atoms with Crippen LogP contribution >= 0.6 is 0 Å². The van der Waals surface area contributed by atoms with Crippen LogP contribution in [0, 0.1) is 13.8 Å². The Hall–Kier alpha value is -1.58. The first-order valence-electron chi connectivity index (χ1n) is 4.11. The summed E-state index contributed by atoms with van der Waals surface area (Å²) in [7, 11) is 1.73. The van der Waals surface area contributed by atoms with Crippen molar-refractivity contribution in [2.75, 3.05) is 0 Å². The van der Waals surface area contributed by atoms with Gasteiger partial charge in [0.1, 0.15) is 0 Å². The van der Waals surface area contributed by atoms with Gasteiger partial charge >= 0.3 is 0 Å². The highest BCUT2D eigenvalue weighted by atomic mass is 16.1. The number of aryl methyl sites for hydroxylation is 3. The summed E-state index contributed by atoms with van der Waals surface area (Å²) in [5.41, 5.74) is 1.66. The Morgan fingerprint density at radius 1 is 1.31 bits per heavy atom. The third-order valence-corrected chi connectivity index (χ3v) is 2.11. The van der Waals surface area contributed by atoms with Gasteiger partial charge in [0, 0.05) is 25.0 Å². The summed E-state index contributed by atoms with van der Waals surface area (Å²) in [5.74, 6) is 0.688. The maximum absolute atomic E-state index is 11.5. The number of fused-ring (bicyclic) bond motifs is 1. The summed E-state index contributed by atoms with van der Waals surface area (Å²) >= 11 is 0. The number of aromatic nitrogens is 3. The molecular weight excluding hydrogens is 166 g/mol. The number of imidazole rings is 1. The molecule has 13 heavy (non-hydrogen) atoms. The molecule has 0 aliphatic heterocycles. The summed E-state index contributed by atoms with van der Waals surface area (Å²) in [4.78, 5) is 15.7. The SMILES string of the molecule is Cc1cn2cc(C)c(=O)n(C)c2n1. The predicted octanol–water partition coefficient (Wildman–Crippen LogP) is 0.650. The molecule has 0 aliphatic rings. The van der Waals surface area contributed by atoms with Gasteiger partial charge < -0.3 is 0 Å². The Kier molecular flexibility index (Phi) is 1.52. The van der Waals surface area contributed by atoms with E-state index in [1.165, 1.54) is 0 Å². The average molecular weight is 177 g/mol. The molecule has 2 heterocycles. The van der Waals surface area contributed by atoms with E-state index in [4.69, 9.17) is 0 Å². The molecule has 4 heteroatoms. The van der Waals surface area contributed by atoms with E-state index in [2.05, 4.69) is 4.98 Å². The fraction of sp³-hybridized carbons (Fsp3) is 0.333. The third-order valence-electron chi connectivity index (χ3n) is 2.11. The lowest BCUT2D eigenvalue weighted by Crippen LogP contribution is -2.21. The van der Waals surface area contributed by atoms with Crippen LogP contribution in [0.15, 0.2) is 17.2 Å². The highest BCUT2D eigenvalue weighted by Gasteiger charge is 2.04. The van der Waals surface area contributed by atoms with Gasteiger partial charge in [0.15, 0.2) is 0 Å². The van der Waals surface area contributed by atoms with Crippen LogP contribution in [-0.4, -0.2) is 14.0 Å². The second kappa shape index (κ2) is 2.45. The first-order valence-corrected chi connectivity index (χ1v) is 4.11. The second-order valence-corrected chi connectivity index (χ2v) is 3.27. The van der Waals surface area contributed by atoms with Gasteiger partial charge in [-0.1, -0.05) is 0 Å². The van der Waals surface area contributed by atoms with Gasteiger partial charge in [0.05, 0.1) is 5.69 Å². The molecule has 0 aliphatic carbocycles. The molecule has 0 unspecified atom stereocenters. The molecule has 2 rings (SSSR count). The molecule has 0 spiro atoms. The van der Waals surface area contributed by atoms with Gasteiger partial charge in [-0.15, -0.1) is 0 Å². The van der Waals surface area contributed by atoms with Crippen molar-refractivity contribution in [3.8, 4) is 0 Å². The molecule has 0 N–H and O–H groups in total. The largest absolute Gasteiger partial charge is 0.292 e. The maximum Gasteiger partial charge on any atom is 0.257 e. The Labute approximate surface area is 75.5 Å². The van der Waals surface area contributed by atoms with Crippen LogP contribution in [0.1, 0.15) is 11.3 Å². The van der Waals surface area contributed by atoms with Crippen molar-refractivity contribution < 1.29 is 0 Å². The van der Waals surface area contributed by atoms with Crippen LogP contribution in [0.5, 0.6) is 0 Å². The molecule has 0 bridgehead atoms. The quantitative estimate of drug-likeness (QED) is 0.592. The van der Waals surface area contributed by atoms with E-state index in [0.717, 1.165) is 11.3 Å². The summed E-state index contributed by atoms with van der Waals surface area (Å²) in [5, 5.41) is 0. The van der Waals surface area contributed by atoms with Crippen molar-refractivity contribution in [2.24, 2.45) is 7.05 Å². The minimum Gasteiger partial charge on any atom is -0.292 e. The predicted molar refractivity (Wildman–Crippen MR) is 49.9 cm³/mol. The molecule has 0 radical (unpaired) electrons. The van der Waals surface area contributed by atoms with Crippen molar-refractivity contribution in [3.63, 3.8) is 0 Å². The lowest BCUT2D eigenvalue weighted by atomic mass is 10.4. The zero-order valence-electron chi connectivity index (χ0n) is 7.90. The molecule has 0 fully saturated rings. The minimum absolute atomic E-state index is 0.0121. The van der Waals surface area contributed by atoms with Crippen molar-refractivity contribution in [1.29, 1.82) is 0 Å². The lowest BCUT2D eigenvalue weighted by Gasteiger charge is -2.01. The minimum atomic E-state index is 0.0121. The monoisotopic (exact) mass is 177 g/mol. The van der Waals surface area contributed by atoms with Crippen molar-refractivity contribution in [1.82, 2.24) is 14.0 Å². The van der Waals surface area contributed by atoms with Crippen molar-refractivity contribution in [3.05, 3.63) is 34.0 Å². The lowest BCUT2D eigenvalue weighted by molar-refractivity contribution is 0.829. The molecule has 0 aromatic carbocycles. The molecule has 2 aromatic heterocycles. The zero-order valence-corrected chi connectivity index (χ0v) is 7.90. The maximum atomic E-state index is 11.5. The van der Waals surface area contributed by atoms with Gasteiger partial charge in [0.2, 0.25) is 5.78 Å². The van der Waals surface area contributed by atoms with Crippen LogP contribution in [0.25, 0.3) is 5.78 Å². The number of nitrogens with zero attached hydrogens (tertiary/aromatic N) is 3. The van der Waals surface area contributed by atoms with Crippen LogP contribution in [0.3, 0.4) is 0 Å². The van der Waals surface area contributed by atoms with Gasteiger partial charge in [-0.05, 0) is 13.8 Å². The summed E-state index contributed by atoms with van der Waals surface area (Å²) in [6.45, 7) is 3.71. The fourth-order valence-electron chi connectivity index (χ4n) is 1.47. The third kappa shape index (κ3) is 1.06. The van der Waals surface area contributed by atoms with E-state index < -0.39 is 0 Å². The molecular formula is C9H11N3O. The molecule has 0 saturated carbocycles. The van der Waals surface area contributed by atoms with E-state index in [1.54, 1.807) is 24.7 Å². The molecule has 2 aromatic rings. The Balaban J connectivity index is 3.01. The fourth-order valence-corrected chi connectivity index (χ4v) is 1.47. The number of hydrogen-bond donors (Lipinski definition) is 0.